The first-order valence-electron chi connectivity index (χ1n) is 4.02. The van der Waals surface area contributed by atoms with Crippen molar-refractivity contribution >= 4 is 17.6 Å². The van der Waals surface area contributed by atoms with Gasteiger partial charge in [0.1, 0.15) is 5.75 Å². The first kappa shape index (κ1) is 10.1. The molecular weight excluding hydrogens is 188 g/mol. The van der Waals surface area contributed by atoms with Gasteiger partial charge in [-0.05, 0) is 24.6 Å². The van der Waals surface area contributed by atoms with Gasteiger partial charge in [-0.3, -0.25) is 4.79 Å². The minimum atomic E-state index is -0.313. The number of ether oxygens (including phenoxy) is 1. The Kier molecular flexibility index (Phi) is 3.32. The molecule has 0 saturated carbocycles. The molecular formula is C10H11ClO2. The summed E-state index contributed by atoms with van der Waals surface area (Å²) in [6.45, 7) is 3.26. The molecule has 1 atom stereocenters. The van der Waals surface area contributed by atoms with Crippen molar-refractivity contribution < 1.29 is 9.53 Å². The van der Waals surface area contributed by atoms with Gasteiger partial charge < -0.3 is 4.74 Å². The lowest BCUT2D eigenvalue weighted by Crippen LogP contribution is -2.01. The van der Waals surface area contributed by atoms with E-state index in [2.05, 4.69) is 0 Å². The fourth-order valence-corrected chi connectivity index (χ4v) is 1.11. The second kappa shape index (κ2) is 4.28. The van der Waals surface area contributed by atoms with Gasteiger partial charge >= 0.3 is 5.97 Å². The number of esters is 1. The predicted molar refractivity (Wildman–Crippen MR) is 52.0 cm³/mol. The van der Waals surface area contributed by atoms with Crippen LogP contribution in [0.4, 0.5) is 0 Å². The molecule has 1 aromatic rings. The molecule has 0 fully saturated rings. The van der Waals surface area contributed by atoms with E-state index in [1.165, 1.54) is 6.92 Å². The molecule has 0 aliphatic heterocycles. The average molecular weight is 199 g/mol. The molecule has 2 nitrogen and oxygen atoms in total. The van der Waals surface area contributed by atoms with Crippen molar-refractivity contribution in [1.29, 1.82) is 0 Å². The maximum Gasteiger partial charge on any atom is 0.308 e. The van der Waals surface area contributed by atoms with E-state index in [1.807, 2.05) is 19.1 Å². The van der Waals surface area contributed by atoms with Crippen molar-refractivity contribution in [2.75, 3.05) is 0 Å². The summed E-state index contributed by atoms with van der Waals surface area (Å²) in [7, 11) is 0. The van der Waals surface area contributed by atoms with Crippen LogP contribution in [-0.2, 0) is 4.79 Å². The summed E-state index contributed by atoms with van der Waals surface area (Å²) in [6.07, 6.45) is 0. The molecule has 0 heterocycles. The van der Waals surface area contributed by atoms with Crippen LogP contribution in [0.1, 0.15) is 24.8 Å². The normalized spacial score (nSPS) is 12.2. The molecule has 0 aliphatic rings. The van der Waals surface area contributed by atoms with E-state index in [1.54, 1.807) is 12.1 Å². The number of benzene rings is 1. The molecule has 70 valence electrons. The number of rotatable bonds is 2. The Morgan fingerprint density at radius 1 is 1.38 bits per heavy atom. The highest BCUT2D eigenvalue weighted by atomic mass is 35.5. The van der Waals surface area contributed by atoms with Crippen molar-refractivity contribution in [1.82, 2.24) is 0 Å². The number of carbonyl (C=O) groups excluding carboxylic acids is 1. The highest BCUT2D eigenvalue weighted by molar-refractivity contribution is 6.20. The van der Waals surface area contributed by atoms with E-state index < -0.39 is 0 Å². The van der Waals surface area contributed by atoms with Crippen LogP contribution in [0.15, 0.2) is 24.3 Å². The van der Waals surface area contributed by atoms with Gasteiger partial charge in [0.05, 0.1) is 5.38 Å². The van der Waals surface area contributed by atoms with Crippen molar-refractivity contribution in [3.8, 4) is 5.75 Å². The highest BCUT2D eigenvalue weighted by Crippen LogP contribution is 2.21. The fourth-order valence-electron chi connectivity index (χ4n) is 0.967. The van der Waals surface area contributed by atoms with Crippen LogP contribution in [-0.4, -0.2) is 5.97 Å². The Labute approximate surface area is 82.5 Å². The average Bonchev–Trinajstić information content (AvgIpc) is 2.04. The van der Waals surface area contributed by atoms with Crippen molar-refractivity contribution in [2.24, 2.45) is 0 Å². The predicted octanol–water partition coefficient (Wildman–Crippen LogP) is 2.91. The Hall–Kier alpha value is -1.02. The van der Waals surface area contributed by atoms with Crippen LogP contribution in [0.3, 0.4) is 0 Å². The van der Waals surface area contributed by atoms with E-state index in [9.17, 15) is 4.79 Å². The van der Waals surface area contributed by atoms with Crippen molar-refractivity contribution in [3.63, 3.8) is 0 Å². The lowest BCUT2D eigenvalue weighted by molar-refractivity contribution is -0.131. The molecule has 0 amide bonds. The molecule has 0 saturated heterocycles. The largest absolute Gasteiger partial charge is 0.427 e. The Morgan fingerprint density at radius 2 is 1.92 bits per heavy atom. The third kappa shape index (κ3) is 3.07. The van der Waals surface area contributed by atoms with Crippen LogP contribution in [0.25, 0.3) is 0 Å². The Balaban J connectivity index is 2.75. The number of alkyl halides is 1. The quantitative estimate of drug-likeness (QED) is 0.415. The molecule has 1 unspecified atom stereocenters. The molecule has 1 rings (SSSR count). The maximum absolute atomic E-state index is 10.6. The molecule has 0 radical (unpaired) electrons. The van der Waals surface area contributed by atoms with E-state index in [0.29, 0.717) is 5.75 Å². The molecule has 1 aromatic carbocycles. The second-order valence-electron chi connectivity index (χ2n) is 2.78. The number of hydrogen-bond acceptors (Lipinski definition) is 2. The molecule has 13 heavy (non-hydrogen) atoms. The molecule has 0 aromatic heterocycles. The molecule has 0 aliphatic carbocycles. The number of halogens is 1. The zero-order valence-electron chi connectivity index (χ0n) is 7.58. The lowest BCUT2D eigenvalue weighted by Gasteiger charge is -2.04. The minimum Gasteiger partial charge on any atom is -0.427 e. The fraction of sp³-hybridized carbons (Fsp3) is 0.300. The summed E-state index contributed by atoms with van der Waals surface area (Å²) in [4.78, 5) is 10.6. The topological polar surface area (TPSA) is 26.3 Å². The third-order valence-corrected chi connectivity index (χ3v) is 1.85. The second-order valence-corrected chi connectivity index (χ2v) is 3.43. The van der Waals surface area contributed by atoms with Gasteiger partial charge in [-0.15, -0.1) is 11.6 Å². The number of hydrogen-bond donors (Lipinski definition) is 0. The van der Waals surface area contributed by atoms with Gasteiger partial charge in [0, 0.05) is 6.92 Å². The van der Waals surface area contributed by atoms with E-state index in [4.69, 9.17) is 16.3 Å². The first-order valence-corrected chi connectivity index (χ1v) is 4.45. The molecule has 0 spiro atoms. The third-order valence-electron chi connectivity index (χ3n) is 1.60. The monoisotopic (exact) mass is 198 g/mol. The van der Waals surface area contributed by atoms with E-state index in [-0.39, 0.29) is 11.3 Å². The first-order chi connectivity index (χ1) is 6.09. The smallest absolute Gasteiger partial charge is 0.308 e. The zero-order valence-corrected chi connectivity index (χ0v) is 8.34. The van der Waals surface area contributed by atoms with Gasteiger partial charge in [-0.1, -0.05) is 12.1 Å². The standard InChI is InChI=1S/C10H11ClO2/c1-7(11)9-3-5-10(6-4-9)13-8(2)12/h3-7H,1-2H3. The SMILES string of the molecule is CC(=O)Oc1ccc(C(C)Cl)cc1. The summed E-state index contributed by atoms with van der Waals surface area (Å²) in [5, 5.41) is -0.0219. The summed E-state index contributed by atoms with van der Waals surface area (Å²) in [6, 6.07) is 7.15. The number of carbonyl (C=O) groups is 1. The van der Waals surface area contributed by atoms with Crippen LogP contribution in [0.5, 0.6) is 5.75 Å². The summed E-state index contributed by atoms with van der Waals surface area (Å²) in [5.74, 6) is 0.236. The summed E-state index contributed by atoms with van der Waals surface area (Å²) < 4.78 is 4.87. The minimum absolute atomic E-state index is 0.0219. The van der Waals surface area contributed by atoms with Gasteiger partial charge in [0.25, 0.3) is 0 Å². The zero-order chi connectivity index (χ0) is 9.84. The highest BCUT2D eigenvalue weighted by Gasteiger charge is 2.01. The molecule has 0 N–H and O–H groups in total. The van der Waals surface area contributed by atoms with Crippen LogP contribution >= 0.6 is 11.6 Å². The Morgan fingerprint density at radius 3 is 2.31 bits per heavy atom. The Bertz CT molecular complexity index is 290. The van der Waals surface area contributed by atoms with Crippen LogP contribution in [0, 0.1) is 0 Å². The lowest BCUT2D eigenvalue weighted by atomic mass is 10.2. The van der Waals surface area contributed by atoms with Crippen molar-refractivity contribution in [3.05, 3.63) is 29.8 Å². The molecule has 0 bridgehead atoms. The van der Waals surface area contributed by atoms with Gasteiger partial charge in [-0.2, -0.15) is 0 Å². The molecule has 3 heteroatoms. The van der Waals surface area contributed by atoms with E-state index in [0.717, 1.165) is 5.56 Å². The summed E-state index contributed by atoms with van der Waals surface area (Å²) >= 11 is 5.85. The van der Waals surface area contributed by atoms with Crippen molar-refractivity contribution in [2.45, 2.75) is 19.2 Å². The van der Waals surface area contributed by atoms with Crippen LogP contribution in [0.2, 0.25) is 0 Å². The summed E-state index contributed by atoms with van der Waals surface area (Å²) in [5.41, 5.74) is 1.01. The van der Waals surface area contributed by atoms with E-state index >= 15 is 0 Å². The van der Waals surface area contributed by atoms with Gasteiger partial charge in [-0.25, -0.2) is 0 Å². The van der Waals surface area contributed by atoms with Gasteiger partial charge in [0.2, 0.25) is 0 Å². The maximum atomic E-state index is 10.6. The van der Waals surface area contributed by atoms with Crippen LogP contribution < -0.4 is 4.74 Å². The van der Waals surface area contributed by atoms with Gasteiger partial charge in [0.15, 0.2) is 0 Å².